The summed E-state index contributed by atoms with van der Waals surface area (Å²) in [6.45, 7) is 4.22. The lowest BCUT2D eigenvalue weighted by atomic mass is 9.90. The van der Waals surface area contributed by atoms with Gasteiger partial charge in [0.15, 0.2) is 5.11 Å². The number of thiocarbonyl (C=S) groups is 1. The number of hydrogen-bond acceptors (Lipinski definition) is 4. The van der Waals surface area contributed by atoms with Crippen molar-refractivity contribution in [3.05, 3.63) is 82.9 Å². The summed E-state index contributed by atoms with van der Waals surface area (Å²) in [4.78, 5) is 19.7. The number of ether oxygens (including phenoxy) is 1. The Labute approximate surface area is 212 Å². The zero-order valence-corrected chi connectivity index (χ0v) is 21.3. The lowest BCUT2D eigenvalue weighted by molar-refractivity contribution is 0.0600. The summed E-state index contributed by atoms with van der Waals surface area (Å²) in [7, 11) is 1.42. The standard InChI is InChI=1S/C28H32N4O2S/c1-18-17-22(19(2)31(18)24-15-8-7-13-21(24)27(33)34-3)26-25(23-14-9-10-16-29-23)30-28(35)32(26)20-11-5-4-6-12-20/h7-10,13-17,20,25-26H,4-6,11-12H2,1-3H3,(H,30,35)/t25-,26-/m1/s1. The van der Waals surface area contributed by atoms with E-state index < -0.39 is 0 Å². The molecule has 6 nitrogen and oxygen atoms in total. The van der Waals surface area contributed by atoms with Gasteiger partial charge >= 0.3 is 5.97 Å². The lowest BCUT2D eigenvalue weighted by Gasteiger charge is -2.37. The highest BCUT2D eigenvalue weighted by Crippen LogP contribution is 2.44. The van der Waals surface area contributed by atoms with Gasteiger partial charge in [0.1, 0.15) is 0 Å². The molecule has 2 aromatic heterocycles. The average Bonchev–Trinajstić information content (AvgIpc) is 3.39. The molecule has 3 aromatic rings. The molecule has 1 N–H and O–H groups in total. The molecule has 2 aliphatic rings. The van der Waals surface area contributed by atoms with Gasteiger partial charge in [-0.2, -0.15) is 0 Å². The molecule has 1 saturated carbocycles. The molecule has 0 unspecified atom stereocenters. The van der Waals surface area contributed by atoms with Crippen molar-refractivity contribution in [3.8, 4) is 5.69 Å². The minimum Gasteiger partial charge on any atom is -0.465 e. The van der Waals surface area contributed by atoms with Crippen LogP contribution in [0.4, 0.5) is 0 Å². The predicted molar refractivity (Wildman–Crippen MR) is 141 cm³/mol. The van der Waals surface area contributed by atoms with Gasteiger partial charge in [-0.05, 0) is 74.8 Å². The van der Waals surface area contributed by atoms with E-state index in [1.165, 1.54) is 31.9 Å². The zero-order chi connectivity index (χ0) is 24.5. The van der Waals surface area contributed by atoms with E-state index in [4.69, 9.17) is 21.9 Å². The fraction of sp³-hybridized carbons (Fsp3) is 0.393. The number of aryl methyl sites for hydroxylation is 1. The van der Waals surface area contributed by atoms with Gasteiger partial charge in [0.05, 0.1) is 36.1 Å². The van der Waals surface area contributed by atoms with Crippen molar-refractivity contribution in [2.75, 3.05) is 7.11 Å². The van der Waals surface area contributed by atoms with Crippen molar-refractivity contribution in [1.82, 2.24) is 19.8 Å². The number of para-hydroxylation sites is 1. The molecule has 1 aliphatic carbocycles. The summed E-state index contributed by atoms with van der Waals surface area (Å²) in [5.41, 5.74) is 5.72. The third-order valence-corrected chi connectivity index (χ3v) is 7.77. The molecule has 1 aromatic carbocycles. The van der Waals surface area contributed by atoms with E-state index in [1.807, 2.05) is 42.6 Å². The molecule has 0 bridgehead atoms. The number of benzene rings is 1. The number of aromatic nitrogens is 2. The maximum atomic E-state index is 12.6. The first-order chi connectivity index (χ1) is 17.0. The van der Waals surface area contributed by atoms with Gasteiger partial charge < -0.3 is 19.5 Å². The second kappa shape index (κ2) is 9.82. The van der Waals surface area contributed by atoms with E-state index in [-0.39, 0.29) is 18.1 Å². The van der Waals surface area contributed by atoms with E-state index in [9.17, 15) is 4.79 Å². The minimum atomic E-state index is -0.339. The predicted octanol–water partition coefficient (Wildman–Crippen LogP) is 5.58. The SMILES string of the molecule is COC(=O)c1ccccc1-n1c(C)cc([C@@H]2[C@@H](c3ccccn3)NC(=S)N2C2CCCCC2)c1C. The topological polar surface area (TPSA) is 59.4 Å². The number of hydrogen-bond donors (Lipinski definition) is 1. The Morgan fingerprint density at radius 2 is 1.83 bits per heavy atom. The first-order valence-corrected chi connectivity index (χ1v) is 12.8. The Morgan fingerprint density at radius 1 is 1.09 bits per heavy atom. The van der Waals surface area contributed by atoms with Gasteiger partial charge in [0, 0.05) is 23.6 Å². The minimum absolute atomic E-state index is 0.0192. The molecule has 2 atom stereocenters. The van der Waals surface area contributed by atoms with Gasteiger partial charge in [-0.3, -0.25) is 4.98 Å². The number of nitrogens with one attached hydrogen (secondary N) is 1. The van der Waals surface area contributed by atoms with Crippen molar-refractivity contribution < 1.29 is 9.53 Å². The van der Waals surface area contributed by atoms with Crippen molar-refractivity contribution in [2.24, 2.45) is 0 Å². The van der Waals surface area contributed by atoms with E-state index in [2.05, 4.69) is 40.8 Å². The molecule has 0 spiro atoms. The number of rotatable bonds is 5. The smallest absolute Gasteiger partial charge is 0.339 e. The van der Waals surface area contributed by atoms with Crippen LogP contribution < -0.4 is 5.32 Å². The van der Waals surface area contributed by atoms with Crippen LogP contribution >= 0.6 is 12.2 Å². The lowest BCUT2D eigenvalue weighted by Crippen LogP contribution is -2.40. The largest absolute Gasteiger partial charge is 0.465 e. The second-order valence-electron chi connectivity index (χ2n) is 9.50. The molecular formula is C28H32N4O2S. The Balaban J connectivity index is 1.65. The maximum Gasteiger partial charge on any atom is 0.339 e. The molecule has 182 valence electrons. The second-order valence-corrected chi connectivity index (χ2v) is 9.88. The summed E-state index contributed by atoms with van der Waals surface area (Å²) < 4.78 is 7.24. The van der Waals surface area contributed by atoms with Crippen LogP contribution in [-0.2, 0) is 4.74 Å². The number of esters is 1. The Kier molecular flexibility index (Phi) is 6.60. The van der Waals surface area contributed by atoms with Gasteiger partial charge in [0.25, 0.3) is 0 Å². The number of nitrogens with zero attached hydrogens (tertiary/aromatic N) is 3. The van der Waals surface area contributed by atoms with Gasteiger partial charge in [0.2, 0.25) is 0 Å². The molecular weight excluding hydrogens is 456 g/mol. The third kappa shape index (κ3) is 4.22. The van der Waals surface area contributed by atoms with Crippen LogP contribution in [0.1, 0.15) is 77.2 Å². The van der Waals surface area contributed by atoms with Crippen LogP contribution in [0, 0.1) is 13.8 Å². The van der Waals surface area contributed by atoms with Gasteiger partial charge in [-0.25, -0.2) is 4.79 Å². The van der Waals surface area contributed by atoms with Crippen molar-refractivity contribution in [2.45, 2.75) is 64.1 Å². The first-order valence-electron chi connectivity index (χ1n) is 12.4. The average molecular weight is 489 g/mol. The summed E-state index contributed by atoms with van der Waals surface area (Å²) in [6.07, 6.45) is 7.90. The van der Waals surface area contributed by atoms with Crippen LogP contribution in [0.3, 0.4) is 0 Å². The molecule has 0 amide bonds. The Morgan fingerprint density at radius 3 is 2.54 bits per heavy atom. The van der Waals surface area contributed by atoms with Crippen LogP contribution in [0.15, 0.2) is 54.7 Å². The van der Waals surface area contributed by atoms with Gasteiger partial charge in [-0.1, -0.05) is 37.5 Å². The molecule has 3 heterocycles. The van der Waals surface area contributed by atoms with Crippen LogP contribution in [0.2, 0.25) is 0 Å². The summed E-state index contributed by atoms with van der Waals surface area (Å²) >= 11 is 5.94. The highest BCUT2D eigenvalue weighted by molar-refractivity contribution is 7.80. The van der Waals surface area contributed by atoms with Crippen LogP contribution in [-0.4, -0.2) is 38.7 Å². The van der Waals surface area contributed by atoms with E-state index in [0.29, 0.717) is 11.6 Å². The van der Waals surface area contributed by atoms with Gasteiger partial charge in [-0.15, -0.1) is 0 Å². The number of methoxy groups -OCH3 is 1. The molecule has 0 radical (unpaired) electrons. The number of carbonyl (C=O) groups excluding carboxylic acids is 1. The normalized spacial score (nSPS) is 20.7. The molecule has 1 aliphatic heterocycles. The molecule has 1 saturated heterocycles. The highest BCUT2D eigenvalue weighted by atomic mass is 32.1. The molecule has 7 heteroatoms. The van der Waals surface area contributed by atoms with Crippen molar-refractivity contribution in [3.63, 3.8) is 0 Å². The van der Waals surface area contributed by atoms with E-state index in [0.717, 1.165) is 40.7 Å². The van der Waals surface area contributed by atoms with Crippen molar-refractivity contribution >= 4 is 23.3 Å². The number of carbonyl (C=O) groups is 1. The van der Waals surface area contributed by atoms with Crippen molar-refractivity contribution in [1.29, 1.82) is 0 Å². The van der Waals surface area contributed by atoms with Crippen LogP contribution in [0.5, 0.6) is 0 Å². The summed E-state index contributed by atoms with van der Waals surface area (Å²) in [6, 6.07) is 16.3. The first kappa shape index (κ1) is 23.5. The fourth-order valence-electron chi connectivity index (χ4n) is 5.86. The molecule has 35 heavy (non-hydrogen) atoms. The third-order valence-electron chi connectivity index (χ3n) is 7.44. The fourth-order valence-corrected chi connectivity index (χ4v) is 6.25. The maximum absolute atomic E-state index is 12.6. The summed E-state index contributed by atoms with van der Waals surface area (Å²) in [5, 5.41) is 4.42. The highest BCUT2D eigenvalue weighted by Gasteiger charge is 2.44. The molecule has 2 fully saturated rings. The monoisotopic (exact) mass is 488 g/mol. The van der Waals surface area contributed by atoms with Crippen LogP contribution in [0.25, 0.3) is 5.69 Å². The van der Waals surface area contributed by atoms with E-state index in [1.54, 1.807) is 0 Å². The Hall–Kier alpha value is -3.19. The zero-order valence-electron chi connectivity index (χ0n) is 20.5. The Bertz CT molecular complexity index is 1230. The van der Waals surface area contributed by atoms with E-state index >= 15 is 0 Å². The summed E-state index contributed by atoms with van der Waals surface area (Å²) in [5.74, 6) is -0.339. The number of pyridine rings is 1. The quantitative estimate of drug-likeness (QED) is 0.374. The molecule has 5 rings (SSSR count).